The van der Waals surface area contributed by atoms with Crippen molar-refractivity contribution in [1.29, 1.82) is 0 Å². The van der Waals surface area contributed by atoms with Crippen LogP contribution in [0.15, 0.2) is 12.3 Å². The second kappa shape index (κ2) is 4.41. The maximum absolute atomic E-state index is 10.1. The van der Waals surface area contributed by atoms with Gasteiger partial charge in [-0.2, -0.15) is 0 Å². The Labute approximate surface area is 73.4 Å². The molecule has 12 heavy (non-hydrogen) atoms. The summed E-state index contributed by atoms with van der Waals surface area (Å²) >= 11 is 0. The Morgan fingerprint density at radius 2 is 2.42 bits per heavy atom. The van der Waals surface area contributed by atoms with Gasteiger partial charge >= 0.3 is 72.6 Å². The standard InChI is InChI=1S/C8H14BNO2/c1-12-6-5-8(3-2-4-8)10-7-9-11/h5-6,10H,2-4,7H2,1H3. The second-order valence-corrected chi connectivity index (χ2v) is 3.10. The van der Waals surface area contributed by atoms with Gasteiger partial charge in [0.15, 0.2) is 0 Å². The number of methoxy groups -OCH3 is 1. The number of ether oxygens (including phenoxy) is 1. The van der Waals surface area contributed by atoms with Gasteiger partial charge in [0.25, 0.3) is 0 Å². The van der Waals surface area contributed by atoms with Crippen LogP contribution in [0.2, 0.25) is 0 Å². The van der Waals surface area contributed by atoms with E-state index in [1.807, 2.05) is 6.08 Å². The topological polar surface area (TPSA) is 38.3 Å². The van der Waals surface area contributed by atoms with Crippen LogP contribution in [-0.2, 0) is 9.44 Å². The summed E-state index contributed by atoms with van der Waals surface area (Å²) in [6.07, 6.45) is 7.52. The van der Waals surface area contributed by atoms with E-state index in [-0.39, 0.29) is 5.54 Å². The van der Waals surface area contributed by atoms with E-state index in [0.717, 1.165) is 20.0 Å². The molecule has 0 amide bonds. The average molecular weight is 167 g/mol. The monoisotopic (exact) mass is 167 g/mol. The van der Waals surface area contributed by atoms with Gasteiger partial charge in [-0.1, -0.05) is 0 Å². The van der Waals surface area contributed by atoms with E-state index in [2.05, 4.69) is 5.32 Å². The molecule has 4 heteroatoms. The van der Waals surface area contributed by atoms with Gasteiger partial charge < -0.3 is 0 Å². The summed E-state index contributed by atoms with van der Waals surface area (Å²) in [7, 11) is 2.52. The number of hydrogen-bond acceptors (Lipinski definition) is 3. The third-order valence-corrected chi connectivity index (χ3v) is 2.31. The van der Waals surface area contributed by atoms with Crippen LogP contribution >= 0.6 is 0 Å². The molecule has 0 atom stereocenters. The fraction of sp³-hybridized carbons (Fsp3) is 0.750. The van der Waals surface area contributed by atoms with Crippen LogP contribution in [0.5, 0.6) is 0 Å². The molecular formula is C8H14BNO2. The average Bonchev–Trinajstić information content (AvgIpc) is 2.02. The van der Waals surface area contributed by atoms with Crippen LogP contribution in [0, 0.1) is 0 Å². The summed E-state index contributed by atoms with van der Waals surface area (Å²) in [6, 6.07) is 0. The Hall–Kier alpha value is -0.635. The third-order valence-electron chi connectivity index (χ3n) is 2.31. The minimum atomic E-state index is 0.0386. The zero-order chi connectivity index (χ0) is 8.86. The van der Waals surface area contributed by atoms with E-state index in [4.69, 9.17) is 4.74 Å². The first-order valence-corrected chi connectivity index (χ1v) is 4.22. The van der Waals surface area contributed by atoms with Gasteiger partial charge in [0.05, 0.1) is 0 Å². The van der Waals surface area contributed by atoms with E-state index in [1.165, 1.54) is 6.42 Å². The molecule has 0 aromatic carbocycles. The maximum atomic E-state index is 10.1. The van der Waals surface area contributed by atoms with E-state index < -0.39 is 0 Å². The Kier molecular flexibility index (Phi) is 3.47. The summed E-state index contributed by atoms with van der Waals surface area (Å²) in [6.45, 7) is 0. The number of rotatable bonds is 5. The Morgan fingerprint density at radius 1 is 1.67 bits per heavy atom. The number of nitrogens with one attached hydrogen (secondary N) is 1. The molecule has 0 bridgehead atoms. The molecule has 1 aliphatic carbocycles. The van der Waals surface area contributed by atoms with E-state index in [0.29, 0.717) is 6.44 Å². The van der Waals surface area contributed by atoms with E-state index >= 15 is 0 Å². The molecule has 1 saturated carbocycles. The van der Waals surface area contributed by atoms with Crippen molar-refractivity contribution in [3.8, 4) is 0 Å². The molecule has 0 aromatic heterocycles. The van der Waals surface area contributed by atoms with Crippen molar-refractivity contribution in [3.63, 3.8) is 0 Å². The third kappa shape index (κ3) is 2.17. The quantitative estimate of drug-likeness (QED) is 0.483. The fourth-order valence-electron chi connectivity index (χ4n) is 1.40. The minimum absolute atomic E-state index is 0.0386. The Balaban J connectivity index is 2.39. The normalized spacial score (nSPS) is 20.1. The zero-order valence-corrected chi connectivity index (χ0v) is 7.38. The summed E-state index contributed by atoms with van der Waals surface area (Å²) in [4.78, 5) is 0. The molecule has 0 spiro atoms. The van der Waals surface area contributed by atoms with Gasteiger partial charge in [-0.15, -0.1) is 0 Å². The second-order valence-electron chi connectivity index (χ2n) is 3.10. The van der Waals surface area contributed by atoms with Crippen molar-refractivity contribution >= 4 is 7.15 Å². The Morgan fingerprint density at radius 3 is 2.83 bits per heavy atom. The summed E-state index contributed by atoms with van der Waals surface area (Å²) in [5.41, 5.74) is 0.0386. The van der Waals surface area contributed by atoms with Crippen LogP contribution in [0.1, 0.15) is 19.3 Å². The van der Waals surface area contributed by atoms with Crippen LogP contribution in [-0.4, -0.2) is 26.2 Å². The van der Waals surface area contributed by atoms with Crippen molar-refractivity contribution in [2.24, 2.45) is 0 Å². The molecule has 3 nitrogen and oxygen atoms in total. The molecule has 1 aliphatic rings. The van der Waals surface area contributed by atoms with Crippen molar-refractivity contribution in [2.75, 3.05) is 13.6 Å². The van der Waals surface area contributed by atoms with Crippen LogP contribution < -0.4 is 5.32 Å². The molecule has 1 N–H and O–H groups in total. The molecule has 1 rings (SSSR count). The van der Waals surface area contributed by atoms with Crippen molar-refractivity contribution < 1.29 is 9.44 Å². The first-order chi connectivity index (χ1) is 5.83. The van der Waals surface area contributed by atoms with Gasteiger partial charge in [0.2, 0.25) is 0 Å². The molecule has 0 heterocycles. The molecule has 0 aromatic rings. The first-order valence-electron chi connectivity index (χ1n) is 4.22. The zero-order valence-electron chi connectivity index (χ0n) is 7.38. The van der Waals surface area contributed by atoms with Gasteiger partial charge in [0, 0.05) is 0 Å². The van der Waals surface area contributed by atoms with Crippen molar-refractivity contribution in [3.05, 3.63) is 12.3 Å². The SMILES string of the molecule is COC=CC1(NCB=O)CCC1. The summed E-state index contributed by atoms with van der Waals surface area (Å²) < 4.78 is 15.0. The number of hydrogen-bond donors (Lipinski definition) is 1. The van der Waals surface area contributed by atoms with Crippen LogP contribution in [0.3, 0.4) is 0 Å². The Bertz CT molecular complexity index is 178. The molecule has 0 aliphatic heterocycles. The van der Waals surface area contributed by atoms with Crippen molar-refractivity contribution in [2.45, 2.75) is 24.8 Å². The first kappa shape index (κ1) is 9.45. The van der Waals surface area contributed by atoms with E-state index in [9.17, 15) is 4.70 Å². The molecule has 0 saturated heterocycles. The van der Waals surface area contributed by atoms with Crippen LogP contribution in [0.25, 0.3) is 0 Å². The van der Waals surface area contributed by atoms with Gasteiger partial charge in [-0.05, 0) is 0 Å². The van der Waals surface area contributed by atoms with Crippen LogP contribution in [0.4, 0.5) is 0 Å². The molecule has 1 fully saturated rings. The predicted molar refractivity (Wildman–Crippen MR) is 47.2 cm³/mol. The van der Waals surface area contributed by atoms with Gasteiger partial charge in [0.1, 0.15) is 0 Å². The molecular weight excluding hydrogens is 153 g/mol. The molecule has 0 radical (unpaired) electrons. The molecule has 66 valence electrons. The summed E-state index contributed by atoms with van der Waals surface area (Å²) in [5.74, 6) is 0. The summed E-state index contributed by atoms with van der Waals surface area (Å²) in [5, 5.41) is 3.18. The van der Waals surface area contributed by atoms with Gasteiger partial charge in [-0.25, -0.2) is 0 Å². The van der Waals surface area contributed by atoms with Gasteiger partial charge in [-0.3, -0.25) is 0 Å². The fourth-order valence-corrected chi connectivity index (χ4v) is 1.40. The molecule has 0 unspecified atom stereocenters. The predicted octanol–water partition coefficient (Wildman–Crippen LogP) is 0.666. The van der Waals surface area contributed by atoms with E-state index in [1.54, 1.807) is 13.4 Å². The van der Waals surface area contributed by atoms with Crippen molar-refractivity contribution in [1.82, 2.24) is 5.32 Å².